The van der Waals surface area contributed by atoms with Crippen molar-refractivity contribution in [3.8, 4) is 0 Å². The summed E-state index contributed by atoms with van der Waals surface area (Å²) in [5.74, 6) is -1.00. The van der Waals surface area contributed by atoms with Crippen molar-refractivity contribution in [1.82, 2.24) is 0 Å². The summed E-state index contributed by atoms with van der Waals surface area (Å²) in [6.45, 7) is 3.91. The molecule has 86 valence electrons. The molecule has 4 nitrogen and oxygen atoms in total. The van der Waals surface area contributed by atoms with Gasteiger partial charge in [0.1, 0.15) is 0 Å². The number of hydrogen-bond donors (Lipinski definition) is 1. The number of aromatic carboxylic acids is 1. The highest BCUT2D eigenvalue weighted by molar-refractivity contribution is 5.92. The first-order chi connectivity index (χ1) is 7.49. The Kier molecular flexibility index (Phi) is 4.05. The van der Waals surface area contributed by atoms with Gasteiger partial charge in [0.25, 0.3) is 0 Å². The number of nitrogens with one attached hydrogen (secondary N) is 1. The Hall–Kier alpha value is -1.84. The maximum absolute atomic E-state index is 11.4. The lowest BCUT2D eigenvalue weighted by molar-refractivity contribution is -0.255. The Balaban J connectivity index is 2.62. The number of amides is 1. The number of rotatable bonds is 4. The molecule has 1 amide bonds. The van der Waals surface area contributed by atoms with Crippen LogP contribution >= 0.6 is 0 Å². The van der Waals surface area contributed by atoms with Gasteiger partial charge in [-0.2, -0.15) is 0 Å². The molecule has 0 spiro atoms. The van der Waals surface area contributed by atoms with Crippen LogP contribution in [0.25, 0.3) is 0 Å². The number of hydrogen-bond acceptors (Lipinski definition) is 3. The van der Waals surface area contributed by atoms with Crippen molar-refractivity contribution in [3.63, 3.8) is 0 Å². The molecule has 1 aromatic rings. The first-order valence-electron chi connectivity index (χ1n) is 5.10. The SMILES string of the molecule is CC(C)CC(=O)Nc1ccc(C(=O)[O-])cc1. The molecular weight excluding hydrogens is 206 g/mol. The summed E-state index contributed by atoms with van der Waals surface area (Å²) in [6.07, 6.45) is 0.447. The molecule has 0 saturated heterocycles. The van der Waals surface area contributed by atoms with Crippen LogP contribution in [0.3, 0.4) is 0 Å². The number of carboxylic acid groups (broad SMARTS) is 1. The number of carbonyl (C=O) groups is 2. The van der Waals surface area contributed by atoms with E-state index in [2.05, 4.69) is 5.32 Å². The average Bonchev–Trinajstić information content (AvgIpc) is 2.16. The van der Waals surface area contributed by atoms with Crippen LogP contribution in [0.4, 0.5) is 5.69 Å². The van der Waals surface area contributed by atoms with Crippen molar-refractivity contribution in [2.45, 2.75) is 20.3 Å². The number of carboxylic acids is 1. The van der Waals surface area contributed by atoms with Crippen molar-refractivity contribution in [3.05, 3.63) is 29.8 Å². The summed E-state index contributed by atoms with van der Waals surface area (Å²) in [6, 6.07) is 5.90. The summed E-state index contributed by atoms with van der Waals surface area (Å²) in [5, 5.41) is 13.2. The van der Waals surface area contributed by atoms with E-state index >= 15 is 0 Å². The summed E-state index contributed by atoms with van der Waals surface area (Å²) in [7, 11) is 0. The van der Waals surface area contributed by atoms with Crippen LogP contribution in [-0.4, -0.2) is 11.9 Å². The number of anilines is 1. The van der Waals surface area contributed by atoms with Crippen molar-refractivity contribution in [2.24, 2.45) is 5.92 Å². The molecule has 4 heteroatoms. The zero-order valence-corrected chi connectivity index (χ0v) is 9.32. The Labute approximate surface area is 94.3 Å². The van der Waals surface area contributed by atoms with Gasteiger partial charge in [-0.1, -0.05) is 26.0 Å². The van der Waals surface area contributed by atoms with E-state index in [0.29, 0.717) is 18.0 Å². The maximum atomic E-state index is 11.4. The summed E-state index contributed by atoms with van der Waals surface area (Å²) < 4.78 is 0. The van der Waals surface area contributed by atoms with Gasteiger partial charge in [-0.05, 0) is 23.6 Å². The molecule has 1 rings (SSSR count). The predicted molar refractivity (Wildman–Crippen MR) is 58.9 cm³/mol. The van der Waals surface area contributed by atoms with E-state index in [1.165, 1.54) is 12.1 Å². The lowest BCUT2D eigenvalue weighted by Crippen LogP contribution is -2.22. The van der Waals surface area contributed by atoms with Crippen LogP contribution in [0.5, 0.6) is 0 Å². The van der Waals surface area contributed by atoms with Crippen LogP contribution in [0, 0.1) is 5.92 Å². The minimum atomic E-state index is -1.22. The van der Waals surface area contributed by atoms with Gasteiger partial charge >= 0.3 is 0 Å². The fourth-order valence-electron chi connectivity index (χ4n) is 1.27. The standard InChI is InChI=1S/C12H15NO3/c1-8(2)7-11(14)13-10-5-3-9(4-6-10)12(15)16/h3-6,8H,7H2,1-2H3,(H,13,14)(H,15,16)/p-1. The van der Waals surface area contributed by atoms with E-state index in [1.54, 1.807) is 12.1 Å². The van der Waals surface area contributed by atoms with Gasteiger partial charge in [0.05, 0.1) is 5.97 Å². The summed E-state index contributed by atoms with van der Waals surface area (Å²) in [5.41, 5.74) is 0.692. The van der Waals surface area contributed by atoms with Crippen LogP contribution in [0.2, 0.25) is 0 Å². The van der Waals surface area contributed by atoms with Crippen molar-refractivity contribution < 1.29 is 14.7 Å². The predicted octanol–water partition coefficient (Wildman–Crippen LogP) is 1.03. The molecule has 0 unspecified atom stereocenters. The maximum Gasteiger partial charge on any atom is 0.224 e. The molecule has 0 saturated carbocycles. The second kappa shape index (κ2) is 5.30. The van der Waals surface area contributed by atoms with E-state index in [9.17, 15) is 14.7 Å². The highest BCUT2D eigenvalue weighted by Crippen LogP contribution is 2.10. The zero-order valence-electron chi connectivity index (χ0n) is 9.32. The van der Waals surface area contributed by atoms with Crippen LogP contribution in [-0.2, 0) is 4.79 Å². The lowest BCUT2D eigenvalue weighted by atomic mass is 10.1. The molecule has 0 heterocycles. The average molecular weight is 220 g/mol. The fraction of sp³-hybridized carbons (Fsp3) is 0.333. The molecule has 0 aliphatic heterocycles. The Morgan fingerprint density at radius 1 is 1.25 bits per heavy atom. The first-order valence-corrected chi connectivity index (χ1v) is 5.10. The molecule has 0 atom stereocenters. The Morgan fingerprint density at radius 2 is 1.81 bits per heavy atom. The molecule has 1 aromatic carbocycles. The Bertz CT molecular complexity index is 382. The second-order valence-corrected chi connectivity index (χ2v) is 4.01. The highest BCUT2D eigenvalue weighted by atomic mass is 16.4. The lowest BCUT2D eigenvalue weighted by Gasteiger charge is -2.08. The first kappa shape index (κ1) is 12.2. The number of benzene rings is 1. The fourth-order valence-corrected chi connectivity index (χ4v) is 1.27. The largest absolute Gasteiger partial charge is 0.545 e. The number of carbonyl (C=O) groups excluding carboxylic acids is 2. The van der Waals surface area contributed by atoms with Gasteiger partial charge < -0.3 is 15.2 Å². The molecular formula is C12H14NO3-. The van der Waals surface area contributed by atoms with Crippen molar-refractivity contribution in [2.75, 3.05) is 5.32 Å². The van der Waals surface area contributed by atoms with E-state index in [1.807, 2.05) is 13.8 Å². The highest BCUT2D eigenvalue weighted by Gasteiger charge is 2.04. The van der Waals surface area contributed by atoms with Crippen LogP contribution in [0.1, 0.15) is 30.6 Å². The van der Waals surface area contributed by atoms with Crippen molar-refractivity contribution in [1.29, 1.82) is 0 Å². The molecule has 0 aliphatic carbocycles. The van der Waals surface area contributed by atoms with Gasteiger partial charge in [0, 0.05) is 12.1 Å². The van der Waals surface area contributed by atoms with E-state index in [-0.39, 0.29) is 11.5 Å². The van der Waals surface area contributed by atoms with Gasteiger partial charge in [0.15, 0.2) is 0 Å². The van der Waals surface area contributed by atoms with Gasteiger partial charge in [-0.15, -0.1) is 0 Å². The minimum Gasteiger partial charge on any atom is -0.545 e. The Morgan fingerprint density at radius 3 is 2.25 bits per heavy atom. The molecule has 0 aliphatic rings. The van der Waals surface area contributed by atoms with E-state index in [0.717, 1.165) is 0 Å². The van der Waals surface area contributed by atoms with Crippen LogP contribution < -0.4 is 10.4 Å². The monoisotopic (exact) mass is 220 g/mol. The van der Waals surface area contributed by atoms with Gasteiger partial charge in [-0.25, -0.2) is 0 Å². The van der Waals surface area contributed by atoms with Gasteiger partial charge in [0.2, 0.25) is 5.91 Å². The van der Waals surface area contributed by atoms with E-state index < -0.39 is 5.97 Å². The third-order valence-electron chi connectivity index (χ3n) is 2.00. The molecule has 1 N–H and O–H groups in total. The third kappa shape index (κ3) is 3.73. The minimum absolute atomic E-state index is 0.0730. The smallest absolute Gasteiger partial charge is 0.224 e. The third-order valence-corrected chi connectivity index (χ3v) is 2.00. The molecule has 0 bridgehead atoms. The molecule has 0 fully saturated rings. The summed E-state index contributed by atoms with van der Waals surface area (Å²) in [4.78, 5) is 21.9. The molecule has 0 radical (unpaired) electrons. The zero-order chi connectivity index (χ0) is 12.1. The summed E-state index contributed by atoms with van der Waals surface area (Å²) >= 11 is 0. The second-order valence-electron chi connectivity index (χ2n) is 4.01. The van der Waals surface area contributed by atoms with Crippen molar-refractivity contribution >= 4 is 17.6 Å². The van der Waals surface area contributed by atoms with Crippen LogP contribution in [0.15, 0.2) is 24.3 Å². The van der Waals surface area contributed by atoms with Gasteiger partial charge in [-0.3, -0.25) is 4.79 Å². The topological polar surface area (TPSA) is 69.2 Å². The quantitative estimate of drug-likeness (QED) is 0.824. The normalized spacial score (nSPS) is 10.2. The van der Waals surface area contributed by atoms with E-state index in [4.69, 9.17) is 0 Å². The molecule has 16 heavy (non-hydrogen) atoms. The molecule has 0 aromatic heterocycles.